The van der Waals surface area contributed by atoms with Gasteiger partial charge in [-0.25, -0.2) is 4.39 Å². The summed E-state index contributed by atoms with van der Waals surface area (Å²) in [4.78, 5) is 18.5. The highest BCUT2D eigenvalue weighted by Gasteiger charge is 2.25. The lowest BCUT2D eigenvalue weighted by Gasteiger charge is -2.37. The van der Waals surface area contributed by atoms with Crippen LogP contribution in [0, 0.1) is 5.82 Å². The van der Waals surface area contributed by atoms with Crippen LogP contribution in [0.3, 0.4) is 0 Å². The minimum Gasteiger partial charge on any atom is -0.366 e. The summed E-state index contributed by atoms with van der Waals surface area (Å²) in [6.07, 6.45) is 1.93. The van der Waals surface area contributed by atoms with Gasteiger partial charge in [-0.05, 0) is 25.0 Å². The molecule has 2 heterocycles. The van der Waals surface area contributed by atoms with E-state index >= 15 is 0 Å². The fourth-order valence-corrected chi connectivity index (χ4v) is 3.31. The minimum atomic E-state index is -0.197. The summed E-state index contributed by atoms with van der Waals surface area (Å²) in [5.74, 6) is -0.0226. The van der Waals surface area contributed by atoms with Crippen LogP contribution in [0.25, 0.3) is 0 Å². The molecule has 1 aromatic carbocycles. The highest BCUT2D eigenvalue weighted by Crippen LogP contribution is 2.20. The number of rotatable bonds is 3. The van der Waals surface area contributed by atoms with Crippen LogP contribution < -0.4 is 10.6 Å². The summed E-state index contributed by atoms with van der Waals surface area (Å²) < 4.78 is 13.8. The number of benzene rings is 1. The number of nitrogens with two attached hydrogens (primary N) is 1. The van der Waals surface area contributed by atoms with Crippen molar-refractivity contribution in [3.63, 3.8) is 0 Å². The van der Waals surface area contributed by atoms with E-state index in [0.717, 1.165) is 25.9 Å². The number of piperidine rings is 1. The molecule has 2 aliphatic heterocycles. The van der Waals surface area contributed by atoms with Gasteiger partial charge in [0.2, 0.25) is 5.91 Å². The van der Waals surface area contributed by atoms with Crippen molar-refractivity contribution >= 4 is 36.4 Å². The van der Waals surface area contributed by atoms with Gasteiger partial charge >= 0.3 is 0 Å². The molecular formula is C17H27Cl2FN4O. The Kier molecular flexibility index (Phi) is 8.93. The van der Waals surface area contributed by atoms with E-state index in [1.165, 1.54) is 6.07 Å². The standard InChI is InChI=1S/C17H25FN4O.2ClH/c18-15-3-1-2-4-16(15)21-9-11-22(12-10-21)17(23)13-20-7-5-14(19)6-8-20;;/h1-4,14H,5-13,19H2;2*1H. The van der Waals surface area contributed by atoms with E-state index in [1.54, 1.807) is 12.1 Å². The maximum absolute atomic E-state index is 13.8. The van der Waals surface area contributed by atoms with E-state index in [4.69, 9.17) is 5.73 Å². The summed E-state index contributed by atoms with van der Waals surface area (Å²) >= 11 is 0. The van der Waals surface area contributed by atoms with Crippen molar-refractivity contribution in [2.75, 3.05) is 50.7 Å². The second-order valence-electron chi connectivity index (χ2n) is 6.43. The van der Waals surface area contributed by atoms with E-state index in [9.17, 15) is 9.18 Å². The average Bonchev–Trinajstić information content (AvgIpc) is 2.57. The number of halogens is 3. The van der Waals surface area contributed by atoms with Gasteiger partial charge < -0.3 is 15.5 Å². The molecule has 2 saturated heterocycles. The zero-order chi connectivity index (χ0) is 16.2. The Bertz CT molecular complexity index is 547. The first-order valence-electron chi connectivity index (χ1n) is 8.38. The third-order valence-electron chi connectivity index (χ3n) is 4.82. The smallest absolute Gasteiger partial charge is 0.236 e. The molecule has 0 spiro atoms. The average molecular weight is 393 g/mol. The molecule has 0 aromatic heterocycles. The molecule has 0 radical (unpaired) electrons. The van der Waals surface area contributed by atoms with Gasteiger partial charge in [0.25, 0.3) is 0 Å². The van der Waals surface area contributed by atoms with Gasteiger partial charge in [0.05, 0.1) is 12.2 Å². The monoisotopic (exact) mass is 392 g/mol. The van der Waals surface area contributed by atoms with E-state index in [-0.39, 0.29) is 42.6 Å². The molecule has 1 amide bonds. The van der Waals surface area contributed by atoms with Crippen molar-refractivity contribution in [2.24, 2.45) is 5.73 Å². The predicted octanol–water partition coefficient (Wildman–Crippen LogP) is 1.74. The number of hydrogen-bond acceptors (Lipinski definition) is 4. The summed E-state index contributed by atoms with van der Waals surface area (Å²) in [7, 11) is 0. The second kappa shape index (κ2) is 10.2. The lowest BCUT2D eigenvalue weighted by Crippen LogP contribution is -2.52. The first-order chi connectivity index (χ1) is 11.1. The van der Waals surface area contributed by atoms with Crippen molar-refractivity contribution in [1.29, 1.82) is 0 Å². The maximum Gasteiger partial charge on any atom is 0.236 e. The van der Waals surface area contributed by atoms with E-state index in [0.29, 0.717) is 38.4 Å². The maximum atomic E-state index is 13.8. The lowest BCUT2D eigenvalue weighted by molar-refractivity contribution is -0.133. The van der Waals surface area contributed by atoms with Crippen LogP contribution in [-0.4, -0.2) is 67.6 Å². The van der Waals surface area contributed by atoms with Crippen LogP contribution in [0.5, 0.6) is 0 Å². The van der Waals surface area contributed by atoms with Crippen LogP contribution in [0.4, 0.5) is 10.1 Å². The summed E-state index contributed by atoms with van der Waals surface area (Å²) in [5, 5.41) is 0. The number of carbonyl (C=O) groups excluding carboxylic acids is 1. The van der Waals surface area contributed by atoms with Crippen molar-refractivity contribution < 1.29 is 9.18 Å². The van der Waals surface area contributed by atoms with Gasteiger partial charge in [-0.3, -0.25) is 9.69 Å². The largest absolute Gasteiger partial charge is 0.366 e. The number of hydrogen-bond donors (Lipinski definition) is 1. The van der Waals surface area contributed by atoms with Gasteiger partial charge in [0, 0.05) is 45.3 Å². The number of carbonyl (C=O) groups is 1. The van der Waals surface area contributed by atoms with Crippen LogP contribution in [0.1, 0.15) is 12.8 Å². The Balaban J connectivity index is 0.00000156. The molecule has 0 saturated carbocycles. The van der Waals surface area contributed by atoms with E-state index < -0.39 is 0 Å². The van der Waals surface area contributed by atoms with Gasteiger partial charge in [-0.2, -0.15) is 0 Å². The van der Waals surface area contributed by atoms with Crippen molar-refractivity contribution in [3.05, 3.63) is 30.1 Å². The molecule has 0 unspecified atom stereocenters. The van der Waals surface area contributed by atoms with Crippen LogP contribution in [0.2, 0.25) is 0 Å². The fraction of sp³-hybridized carbons (Fsp3) is 0.588. The Labute approximate surface area is 161 Å². The van der Waals surface area contributed by atoms with Gasteiger partial charge in [-0.15, -0.1) is 24.8 Å². The molecule has 0 bridgehead atoms. The van der Waals surface area contributed by atoms with Crippen LogP contribution in [0.15, 0.2) is 24.3 Å². The Morgan fingerprint density at radius 2 is 1.64 bits per heavy atom. The third-order valence-corrected chi connectivity index (χ3v) is 4.82. The molecular weight excluding hydrogens is 366 g/mol. The number of anilines is 1. The zero-order valence-corrected chi connectivity index (χ0v) is 15.9. The normalized spacial score (nSPS) is 19.1. The number of likely N-dealkylation sites (tertiary alicyclic amines) is 1. The molecule has 2 fully saturated rings. The summed E-state index contributed by atoms with van der Waals surface area (Å²) in [6, 6.07) is 7.10. The van der Waals surface area contributed by atoms with Crippen molar-refractivity contribution in [2.45, 2.75) is 18.9 Å². The first kappa shape index (κ1) is 22.0. The second-order valence-corrected chi connectivity index (χ2v) is 6.43. The number of piperazine rings is 1. The zero-order valence-electron chi connectivity index (χ0n) is 14.3. The molecule has 5 nitrogen and oxygen atoms in total. The molecule has 3 rings (SSSR count). The van der Waals surface area contributed by atoms with Gasteiger partial charge in [-0.1, -0.05) is 12.1 Å². The van der Waals surface area contributed by atoms with Crippen molar-refractivity contribution in [1.82, 2.24) is 9.80 Å². The summed E-state index contributed by atoms with van der Waals surface area (Å²) in [6.45, 7) is 4.95. The van der Waals surface area contributed by atoms with Crippen molar-refractivity contribution in [3.8, 4) is 0 Å². The first-order valence-corrected chi connectivity index (χ1v) is 8.38. The molecule has 0 atom stereocenters. The fourth-order valence-electron chi connectivity index (χ4n) is 3.31. The van der Waals surface area contributed by atoms with E-state index in [1.807, 2.05) is 15.9 Å². The molecule has 0 aliphatic carbocycles. The Morgan fingerprint density at radius 3 is 2.24 bits per heavy atom. The molecule has 142 valence electrons. The van der Waals surface area contributed by atoms with Crippen LogP contribution >= 0.6 is 24.8 Å². The minimum absolute atomic E-state index is 0. The molecule has 8 heteroatoms. The van der Waals surface area contributed by atoms with Gasteiger partial charge in [0.15, 0.2) is 0 Å². The number of amides is 1. The number of para-hydroxylation sites is 1. The molecule has 2 aliphatic rings. The Morgan fingerprint density at radius 1 is 1.04 bits per heavy atom. The lowest BCUT2D eigenvalue weighted by atomic mass is 10.1. The Hall–Kier alpha value is -1.08. The predicted molar refractivity (Wildman–Crippen MR) is 103 cm³/mol. The SMILES string of the molecule is Cl.Cl.NC1CCN(CC(=O)N2CCN(c3ccccc3F)CC2)CC1. The quantitative estimate of drug-likeness (QED) is 0.850. The van der Waals surface area contributed by atoms with Crippen LogP contribution in [-0.2, 0) is 4.79 Å². The topological polar surface area (TPSA) is 52.8 Å². The number of nitrogens with zero attached hydrogens (tertiary/aromatic N) is 3. The summed E-state index contributed by atoms with van der Waals surface area (Å²) in [5.41, 5.74) is 6.52. The molecule has 1 aromatic rings. The highest BCUT2D eigenvalue weighted by molar-refractivity contribution is 5.85. The van der Waals surface area contributed by atoms with E-state index in [2.05, 4.69) is 4.90 Å². The highest BCUT2D eigenvalue weighted by atomic mass is 35.5. The molecule has 2 N–H and O–H groups in total. The molecule has 25 heavy (non-hydrogen) atoms. The third kappa shape index (κ3) is 5.71. The van der Waals surface area contributed by atoms with Gasteiger partial charge in [0.1, 0.15) is 5.82 Å².